The molecule has 0 spiro atoms. The van der Waals surface area contributed by atoms with E-state index in [0.29, 0.717) is 5.69 Å². The first kappa shape index (κ1) is 14.3. The Morgan fingerprint density at radius 2 is 2.05 bits per heavy atom. The lowest BCUT2D eigenvalue weighted by Gasteiger charge is -2.26. The van der Waals surface area contributed by atoms with Gasteiger partial charge in [-0.2, -0.15) is 0 Å². The van der Waals surface area contributed by atoms with E-state index < -0.39 is 0 Å². The number of halogens is 1. The molecular formula is C13H18BrN3O2. The molecule has 1 heterocycles. The Hall–Kier alpha value is -1.14. The zero-order chi connectivity index (χ0) is 13.7. The minimum atomic E-state index is -0.353. The van der Waals surface area contributed by atoms with Crippen LogP contribution in [0.4, 0.5) is 11.4 Å². The summed E-state index contributed by atoms with van der Waals surface area (Å²) < 4.78 is 0.723. The molecule has 1 aromatic rings. The number of anilines is 1. The molecule has 1 N–H and O–H groups in total. The zero-order valence-corrected chi connectivity index (χ0v) is 12.4. The highest BCUT2D eigenvalue weighted by Crippen LogP contribution is 2.27. The zero-order valence-electron chi connectivity index (χ0n) is 10.8. The number of benzene rings is 1. The largest absolute Gasteiger partial charge is 0.378 e. The van der Waals surface area contributed by atoms with Gasteiger partial charge >= 0.3 is 0 Å². The lowest BCUT2D eigenvalue weighted by atomic mass is 10.1. The van der Waals surface area contributed by atoms with Crippen molar-refractivity contribution in [1.82, 2.24) is 4.90 Å². The van der Waals surface area contributed by atoms with E-state index in [1.54, 1.807) is 6.07 Å². The van der Waals surface area contributed by atoms with Crippen LogP contribution in [0.25, 0.3) is 0 Å². The normalized spacial score (nSPS) is 16.3. The van der Waals surface area contributed by atoms with Gasteiger partial charge in [-0.15, -0.1) is 0 Å². The van der Waals surface area contributed by atoms with Crippen LogP contribution in [0.15, 0.2) is 22.7 Å². The van der Waals surface area contributed by atoms with Gasteiger partial charge in [0.05, 0.1) is 4.92 Å². The van der Waals surface area contributed by atoms with E-state index in [1.165, 1.54) is 25.3 Å². The quantitative estimate of drug-likeness (QED) is 0.666. The van der Waals surface area contributed by atoms with Crippen molar-refractivity contribution in [2.75, 3.05) is 31.5 Å². The molecule has 1 aromatic carbocycles. The Morgan fingerprint density at radius 1 is 1.32 bits per heavy atom. The fourth-order valence-electron chi connectivity index (χ4n) is 2.34. The van der Waals surface area contributed by atoms with Crippen molar-refractivity contribution in [3.63, 3.8) is 0 Å². The number of piperidine rings is 1. The predicted molar refractivity (Wildman–Crippen MR) is 79.6 cm³/mol. The molecule has 0 bridgehead atoms. The van der Waals surface area contributed by atoms with Crippen LogP contribution in [-0.2, 0) is 0 Å². The molecule has 6 heteroatoms. The van der Waals surface area contributed by atoms with Crippen molar-refractivity contribution in [3.8, 4) is 0 Å². The van der Waals surface area contributed by atoms with Gasteiger partial charge in [0.15, 0.2) is 0 Å². The molecule has 0 aromatic heterocycles. The number of hydrogen-bond donors (Lipinski definition) is 1. The van der Waals surface area contributed by atoms with E-state index >= 15 is 0 Å². The Kier molecular flexibility index (Phi) is 5.15. The molecule has 0 aliphatic carbocycles. The summed E-state index contributed by atoms with van der Waals surface area (Å²) in [5, 5.41) is 14.1. The van der Waals surface area contributed by atoms with Gasteiger partial charge in [0.2, 0.25) is 0 Å². The molecule has 0 radical (unpaired) electrons. The number of hydrogen-bond acceptors (Lipinski definition) is 4. The van der Waals surface area contributed by atoms with E-state index in [4.69, 9.17) is 0 Å². The van der Waals surface area contributed by atoms with Crippen molar-refractivity contribution in [2.24, 2.45) is 0 Å². The second-order valence-electron chi connectivity index (χ2n) is 4.75. The highest BCUT2D eigenvalue weighted by molar-refractivity contribution is 9.10. The average Bonchev–Trinajstić information content (AvgIpc) is 2.41. The molecule has 0 unspecified atom stereocenters. The number of nitro groups is 1. The maximum Gasteiger partial charge on any atom is 0.293 e. The molecule has 0 amide bonds. The van der Waals surface area contributed by atoms with Crippen LogP contribution in [0.2, 0.25) is 0 Å². The van der Waals surface area contributed by atoms with E-state index in [1.807, 2.05) is 6.07 Å². The van der Waals surface area contributed by atoms with Crippen LogP contribution >= 0.6 is 15.9 Å². The van der Waals surface area contributed by atoms with Gasteiger partial charge in [0, 0.05) is 23.6 Å². The predicted octanol–water partition coefficient (Wildman–Crippen LogP) is 3.26. The summed E-state index contributed by atoms with van der Waals surface area (Å²) >= 11 is 3.25. The second kappa shape index (κ2) is 6.86. The molecule has 1 saturated heterocycles. The smallest absolute Gasteiger partial charge is 0.293 e. The Morgan fingerprint density at radius 3 is 2.74 bits per heavy atom. The van der Waals surface area contributed by atoms with Crippen LogP contribution in [0.3, 0.4) is 0 Å². The first-order chi connectivity index (χ1) is 9.16. The van der Waals surface area contributed by atoms with E-state index in [9.17, 15) is 10.1 Å². The summed E-state index contributed by atoms with van der Waals surface area (Å²) in [6, 6.07) is 5.10. The first-order valence-electron chi connectivity index (χ1n) is 6.57. The second-order valence-corrected chi connectivity index (χ2v) is 5.66. The van der Waals surface area contributed by atoms with Gasteiger partial charge in [-0.3, -0.25) is 10.1 Å². The molecular weight excluding hydrogens is 310 g/mol. The lowest BCUT2D eigenvalue weighted by Crippen LogP contribution is -2.33. The molecule has 0 saturated carbocycles. The minimum absolute atomic E-state index is 0.119. The van der Waals surface area contributed by atoms with Gasteiger partial charge in [-0.1, -0.05) is 22.4 Å². The summed E-state index contributed by atoms with van der Waals surface area (Å²) in [7, 11) is 0. The molecule has 1 aliphatic rings. The third-order valence-electron chi connectivity index (χ3n) is 3.35. The van der Waals surface area contributed by atoms with E-state index in [-0.39, 0.29) is 10.6 Å². The molecule has 104 valence electrons. The fraction of sp³-hybridized carbons (Fsp3) is 0.538. The summed E-state index contributed by atoms with van der Waals surface area (Å²) in [5.74, 6) is 0. The van der Waals surface area contributed by atoms with Crippen LogP contribution < -0.4 is 5.32 Å². The van der Waals surface area contributed by atoms with Crippen molar-refractivity contribution in [1.29, 1.82) is 0 Å². The van der Waals surface area contributed by atoms with Gasteiger partial charge in [0.25, 0.3) is 5.69 Å². The number of nitrogens with zero attached hydrogens (tertiary/aromatic N) is 2. The van der Waals surface area contributed by atoms with Crippen molar-refractivity contribution in [2.45, 2.75) is 19.3 Å². The standard InChI is InChI=1S/C13H18BrN3O2/c14-11-4-5-12(13(10-11)17(18)19)15-6-9-16-7-2-1-3-8-16/h4-5,10,15H,1-3,6-9H2. The van der Waals surface area contributed by atoms with Crippen molar-refractivity contribution >= 4 is 27.3 Å². The van der Waals surface area contributed by atoms with Gasteiger partial charge in [-0.05, 0) is 38.1 Å². The van der Waals surface area contributed by atoms with Crippen LogP contribution in [0.1, 0.15) is 19.3 Å². The van der Waals surface area contributed by atoms with Crippen LogP contribution in [0.5, 0.6) is 0 Å². The third kappa shape index (κ3) is 4.18. The topological polar surface area (TPSA) is 58.4 Å². The monoisotopic (exact) mass is 327 g/mol. The maximum atomic E-state index is 11.0. The molecule has 0 atom stereocenters. The Balaban J connectivity index is 1.89. The first-order valence-corrected chi connectivity index (χ1v) is 7.36. The van der Waals surface area contributed by atoms with Gasteiger partial charge < -0.3 is 10.2 Å². The Labute approximate surface area is 121 Å². The van der Waals surface area contributed by atoms with E-state index in [2.05, 4.69) is 26.1 Å². The Bertz CT molecular complexity index is 448. The summed E-state index contributed by atoms with van der Waals surface area (Å²) in [5.41, 5.74) is 0.707. The number of nitro benzene ring substituents is 1. The van der Waals surface area contributed by atoms with Crippen LogP contribution in [0, 0.1) is 10.1 Å². The average molecular weight is 328 g/mol. The summed E-state index contributed by atoms with van der Waals surface area (Å²) in [6.45, 7) is 3.96. The number of nitrogens with one attached hydrogen (secondary N) is 1. The fourth-order valence-corrected chi connectivity index (χ4v) is 2.69. The molecule has 19 heavy (non-hydrogen) atoms. The van der Waals surface area contributed by atoms with Crippen LogP contribution in [-0.4, -0.2) is 36.0 Å². The highest BCUT2D eigenvalue weighted by atomic mass is 79.9. The highest BCUT2D eigenvalue weighted by Gasteiger charge is 2.14. The minimum Gasteiger partial charge on any atom is -0.378 e. The van der Waals surface area contributed by atoms with E-state index in [0.717, 1.165) is 30.7 Å². The SMILES string of the molecule is O=[N+]([O-])c1cc(Br)ccc1NCCN1CCCCC1. The van der Waals surface area contributed by atoms with Crippen molar-refractivity contribution in [3.05, 3.63) is 32.8 Å². The van der Waals surface area contributed by atoms with Gasteiger partial charge in [0.1, 0.15) is 5.69 Å². The molecule has 2 rings (SSSR count). The van der Waals surface area contributed by atoms with Crippen molar-refractivity contribution < 1.29 is 4.92 Å². The molecule has 5 nitrogen and oxygen atoms in total. The maximum absolute atomic E-state index is 11.0. The van der Waals surface area contributed by atoms with Gasteiger partial charge in [-0.25, -0.2) is 0 Å². The molecule has 1 fully saturated rings. The summed E-state index contributed by atoms with van der Waals surface area (Å²) in [4.78, 5) is 13.0. The molecule has 1 aliphatic heterocycles. The lowest BCUT2D eigenvalue weighted by molar-refractivity contribution is -0.384. The third-order valence-corrected chi connectivity index (χ3v) is 3.84. The number of likely N-dealkylation sites (tertiary alicyclic amines) is 1. The number of rotatable bonds is 5. The summed E-state index contributed by atoms with van der Waals surface area (Å²) in [6.07, 6.45) is 3.85.